The van der Waals surface area contributed by atoms with Crippen LogP contribution in [0.3, 0.4) is 0 Å². The van der Waals surface area contributed by atoms with Crippen LogP contribution in [0.1, 0.15) is 6.42 Å². The van der Waals surface area contributed by atoms with E-state index in [4.69, 9.17) is 20.6 Å². The zero-order valence-corrected chi connectivity index (χ0v) is 7.48. The summed E-state index contributed by atoms with van der Waals surface area (Å²) in [6.07, 6.45) is -1.53. The monoisotopic (exact) mass is 211 g/mol. The summed E-state index contributed by atoms with van der Waals surface area (Å²) in [7, 11) is -4.41. The molecule has 1 atom stereocenters. The molecule has 0 rings (SSSR count). The lowest BCUT2D eigenvalue weighted by Crippen LogP contribution is -2.33. The van der Waals surface area contributed by atoms with Gasteiger partial charge in [-0.1, -0.05) is 0 Å². The van der Waals surface area contributed by atoms with Crippen molar-refractivity contribution < 1.29 is 29.0 Å². The zero-order valence-electron chi connectivity index (χ0n) is 6.58. The number of carboxylic acid groups (broad SMARTS) is 1. The standard InChI is InChI=1S/C5H10NO6P/c6-4(5(8)9)1-3(7)2-13(10,11)12/h4H,1-2,6H2,(H,8,9)(H2,10,11,12)/t4-/m0/s1. The van der Waals surface area contributed by atoms with E-state index in [1.54, 1.807) is 0 Å². The molecule has 0 aromatic heterocycles. The molecule has 0 aromatic carbocycles. The van der Waals surface area contributed by atoms with E-state index in [1.165, 1.54) is 0 Å². The Labute approximate surface area is 73.7 Å². The highest BCUT2D eigenvalue weighted by Crippen LogP contribution is 2.34. The maximum absolute atomic E-state index is 10.7. The molecule has 0 saturated carbocycles. The number of carboxylic acids is 1. The van der Waals surface area contributed by atoms with E-state index in [0.29, 0.717) is 0 Å². The first kappa shape index (κ1) is 12.2. The number of ketones is 1. The Morgan fingerprint density at radius 3 is 2.15 bits per heavy atom. The van der Waals surface area contributed by atoms with Crippen LogP contribution in [0.4, 0.5) is 0 Å². The minimum Gasteiger partial charge on any atom is -0.480 e. The average Bonchev–Trinajstić information content (AvgIpc) is 1.81. The molecular weight excluding hydrogens is 201 g/mol. The van der Waals surface area contributed by atoms with Crippen LogP contribution in [0.15, 0.2) is 0 Å². The van der Waals surface area contributed by atoms with Crippen molar-refractivity contribution in [3.05, 3.63) is 0 Å². The number of Topliss-reactive ketones (excluding diaryl/α,β-unsaturated/α-hetero) is 1. The first-order valence-electron chi connectivity index (χ1n) is 3.27. The number of hydrogen-bond acceptors (Lipinski definition) is 4. The summed E-state index contributed by atoms with van der Waals surface area (Å²) < 4.78 is 10.3. The quantitative estimate of drug-likeness (QED) is 0.407. The van der Waals surface area contributed by atoms with Crippen LogP contribution in [0.5, 0.6) is 0 Å². The Bertz CT molecular complexity index is 258. The summed E-state index contributed by atoms with van der Waals surface area (Å²) in [5, 5.41) is 8.26. The fourth-order valence-corrected chi connectivity index (χ4v) is 1.22. The van der Waals surface area contributed by atoms with E-state index in [0.717, 1.165) is 0 Å². The van der Waals surface area contributed by atoms with Crippen LogP contribution < -0.4 is 5.73 Å². The largest absolute Gasteiger partial charge is 0.480 e. The molecule has 0 aliphatic heterocycles. The molecule has 0 aromatic rings. The van der Waals surface area contributed by atoms with Crippen LogP contribution in [0.25, 0.3) is 0 Å². The number of carbonyl (C=O) groups is 2. The van der Waals surface area contributed by atoms with Crippen LogP contribution >= 0.6 is 7.60 Å². The third-order valence-electron chi connectivity index (χ3n) is 1.15. The van der Waals surface area contributed by atoms with Crippen LogP contribution in [0, 0.1) is 0 Å². The first-order valence-corrected chi connectivity index (χ1v) is 5.07. The molecule has 8 heteroatoms. The number of carbonyl (C=O) groups excluding carboxylic acids is 1. The fraction of sp³-hybridized carbons (Fsp3) is 0.600. The minimum atomic E-state index is -4.41. The lowest BCUT2D eigenvalue weighted by atomic mass is 10.2. The summed E-state index contributed by atoms with van der Waals surface area (Å²) in [5.41, 5.74) is 4.96. The summed E-state index contributed by atoms with van der Waals surface area (Å²) in [4.78, 5) is 37.6. The predicted molar refractivity (Wildman–Crippen MR) is 42.1 cm³/mol. The van der Waals surface area contributed by atoms with Crippen LogP contribution in [0.2, 0.25) is 0 Å². The van der Waals surface area contributed by atoms with Gasteiger partial charge in [-0.2, -0.15) is 0 Å². The maximum Gasteiger partial charge on any atom is 0.332 e. The SMILES string of the molecule is N[C@@H](CC(=O)CP(=O)(O)O)C(=O)O. The molecule has 0 spiro atoms. The van der Waals surface area contributed by atoms with Crippen molar-refractivity contribution in [3.63, 3.8) is 0 Å². The number of nitrogens with two attached hydrogens (primary N) is 1. The topological polar surface area (TPSA) is 138 Å². The molecular formula is C5H10NO6P. The molecule has 7 nitrogen and oxygen atoms in total. The smallest absolute Gasteiger partial charge is 0.332 e. The van der Waals surface area contributed by atoms with Gasteiger partial charge in [0.25, 0.3) is 0 Å². The van der Waals surface area contributed by atoms with Gasteiger partial charge in [-0.25, -0.2) is 0 Å². The summed E-state index contributed by atoms with van der Waals surface area (Å²) in [5.74, 6) is -2.23. The predicted octanol–water partition coefficient (Wildman–Crippen LogP) is -1.46. The van der Waals surface area contributed by atoms with Crippen molar-refractivity contribution in [1.82, 2.24) is 0 Å². The molecule has 0 unspecified atom stereocenters. The van der Waals surface area contributed by atoms with E-state index in [1.807, 2.05) is 0 Å². The number of hydrogen-bond donors (Lipinski definition) is 4. The Morgan fingerprint density at radius 1 is 1.38 bits per heavy atom. The van der Waals surface area contributed by atoms with E-state index in [2.05, 4.69) is 0 Å². The first-order chi connectivity index (χ1) is 5.72. The molecule has 5 N–H and O–H groups in total. The van der Waals surface area contributed by atoms with Crippen molar-refractivity contribution in [1.29, 1.82) is 0 Å². The van der Waals surface area contributed by atoms with Crippen molar-refractivity contribution in [2.24, 2.45) is 5.73 Å². The van der Waals surface area contributed by atoms with Gasteiger partial charge in [0, 0.05) is 6.42 Å². The van der Waals surface area contributed by atoms with Crippen LogP contribution in [-0.2, 0) is 14.2 Å². The Morgan fingerprint density at radius 2 is 1.85 bits per heavy atom. The summed E-state index contributed by atoms with van der Waals surface area (Å²) >= 11 is 0. The van der Waals surface area contributed by atoms with Crippen molar-refractivity contribution in [2.45, 2.75) is 12.5 Å². The molecule has 0 amide bonds. The normalized spacial score (nSPS) is 13.8. The highest BCUT2D eigenvalue weighted by molar-refractivity contribution is 7.52. The van der Waals surface area contributed by atoms with E-state index in [-0.39, 0.29) is 0 Å². The Hall–Kier alpha value is -0.750. The van der Waals surface area contributed by atoms with Crippen molar-refractivity contribution in [3.8, 4) is 0 Å². The van der Waals surface area contributed by atoms with E-state index in [9.17, 15) is 14.2 Å². The molecule has 0 heterocycles. The summed E-state index contributed by atoms with van der Waals surface area (Å²) in [6.45, 7) is 0. The van der Waals surface area contributed by atoms with Gasteiger partial charge < -0.3 is 20.6 Å². The lowest BCUT2D eigenvalue weighted by molar-refractivity contribution is -0.140. The lowest BCUT2D eigenvalue weighted by Gasteiger charge is -2.05. The van der Waals surface area contributed by atoms with Gasteiger partial charge in [-0.3, -0.25) is 14.2 Å². The minimum absolute atomic E-state index is 0.569. The average molecular weight is 211 g/mol. The van der Waals surface area contributed by atoms with Crippen molar-refractivity contribution in [2.75, 3.05) is 6.16 Å². The van der Waals surface area contributed by atoms with Gasteiger partial charge >= 0.3 is 13.6 Å². The van der Waals surface area contributed by atoms with E-state index < -0.39 is 38.0 Å². The van der Waals surface area contributed by atoms with Gasteiger partial charge in [0.15, 0.2) is 0 Å². The molecule has 0 saturated heterocycles. The van der Waals surface area contributed by atoms with Gasteiger partial charge in [0.1, 0.15) is 18.0 Å². The Kier molecular flexibility index (Phi) is 4.22. The van der Waals surface area contributed by atoms with Crippen LogP contribution in [-0.4, -0.2) is 38.8 Å². The number of rotatable bonds is 5. The van der Waals surface area contributed by atoms with E-state index >= 15 is 0 Å². The summed E-state index contributed by atoms with van der Waals surface area (Å²) in [6, 6.07) is -1.40. The molecule has 0 radical (unpaired) electrons. The van der Waals surface area contributed by atoms with Gasteiger partial charge in [-0.15, -0.1) is 0 Å². The second kappa shape index (κ2) is 4.48. The third-order valence-corrected chi connectivity index (χ3v) is 1.91. The molecule has 0 fully saturated rings. The number of aliphatic carboxylic acids is 1. The Balaban J connectivity index is 4.03. The highest BCUT2D eigenvalue weighted by atomic mass is 31.2. The molecule has 0 aliphatic rings. The fourth-order valence-electron chi connectivity index (χ4n) is 0.627. The second-order valence-corrected chi connectivity index (χ2v) is 4.16. The highest BCUT2D eigenvalue weighted by Gasteiger charge is 2.23. The third kappa shape index (κ3) is 6.41. The van der Waals surface area contributed by atoms with Gasteiger partial charge in [-0.05, 0) is 0 Å². The van der Waals surface area contributed by atoms with Gasteiger partial charge in [0.05, 0.1) is 0 Å². The molecule has 0 aliphatic carbocycles. The molecule has 76 valence electrons. The second-order valence-electron chi connectivity index (χ2n) is 2.51. The molecule has 0 bridgehead atoms. The maximum atomic E-state index is 10.7. The molecule has 13 heavy (non-hydrogen) atoms. The van der Waals surface area contributed by atoms with Gasteiger partial charge in [0.2, 0.25) is 0 Å². The zero-order chi connectivity index (χ0) is 10.6. The van der Waals surface area contributed by atoms with Crippen molar-refractivity contribution >= 4 is 19.3 Å².